The Morgan fingerprint density at radius 2 is 2.14 bits per heavy atom. The molecular formula is C12H17NO. The highest BCUT2D eigenvalue weighted by Gasteiger charge is 1.99. The number of hydrogen-bond donors (Lipinski definition) is 1. The van der Waals surface area contributed by atoms with Gasteiger partial charge in [-0.3, -0.25) is 0 Å². The van der Waals surface area contributed by atoms with Gasteiger partial charge in [0.15, 0.2) is 0 Å². The van der Waals surface area contributed by atoms with E-state index in [2.05, 4.69) is 11.9 Å². The minimum absolute atomic E-state index is 0.202. The molecule has 0 saturated carbocycles. The van der Waals surface area contributed by atoms with Gasteiger partial charge in [-0.25, -0.2) is 0 Å². The van der Waals surface area contributed by atoms with Gasteiger partial charge in [-0.05, 0) is 19.1 Å². The third kappa shape index (κ3) is 4.10. The molecule has 76 valence electrons. The van der Waals surface area contributed by atoms with Crippen molar-refractivity contribution in [2.24, 2.45) is 0 Å². The van der Waals surface area contributed by atoms with Gasteiger partial charge >= 0.3 is 0 Å². The maximum absolute atomic E-state index is 5.43. The number of rotatable bonds is 6. The minimum atomic E-state index is 0.202. The average molecular weight is 191 g/mol. The third-order valence-electron chi connectivity index (χ3n) is 1.87. The number of benzene rings is 1. The van der Waals surface area contributed by atoms with Gasteiger partial charge < -0.3 is 10.1 Å². The monoisotopic (exact) mass is 191 g/mol. The van der Waals surface area contributed by atoms with Gasteiger partial charge in [0, 0.05) is 12.2 Å². The molecule has 0 heterocycles. The van der Waals surface area contributed by atoms with Crippen molar-refractivity contribution in [1.82, 2.24) is 0 Å². The second-order valence-corrected chi connectivity index (χ2v) is 3.18. The topological polar surface area (TPSA) is 21.3 Å². The molecule has 0 fully saturated rings. The van der Waals surface area contributed by atoms with Crippen LogP contribution in [0.4, 0.5) is 5.69 Å². The normalized spacial score (nSPS) is 12.1. The van der Waals surface area contributed by atoms with Crippen molar-refractivity contribution in [3.05, 3.63) is 43.0 Å². The van der Waals surface area contributed by atoms with Crippen LogP contribution in [0, 0.1) is 0 Å². The first kappa shape index (κ1) is 10.8. The van der Waals surface area contributed by atoms with Gasteiger partial charge in [0.05, 0.1) is 12.7 Å². The van der Waals surface area contributed by atoms with Gasteiger partial charge in [0.25, 0.3) is 0 Å². The molecule has 0 aliphatic rings. The molecule has 0 bridgehead atoms. The van der Waals surface area contributed by atoms with E-state index in [0.29, 0.717) is 6.61 Å². The Bertz CT molecular complexity index is 258. The Morgan fingerprint density at radius 1 is 1.43 bits per heavy atom. The average Bonchev–Trinajstić information content (AvgIpc) is 2.25. The molecule has 1 atom stereocenters. The quantitative estimate of drug-likeness (QED) is 0.698. The van der Waals surface area contributed by atoms with Crippen LogP contribution < -0.4 is 5.32 Å². The zero-order valence-electron chi connectivity index (χ0n) is 8.57. The fourth-order valence-corrected chi connectivity index (χ4v) is 1.11. The SMILES string of the molecule is C=CCOC(C)CNc1ccccc1. The van der Waals surface area contributed by atoms with Gasteiger partial charge in [-0.2, -0.15) is 0 Å². The first-order valence-corrected chi connectivity index (χ1v) is 4.84. The molecule has 1 N–H and O–H groups in total. The summed E-state index contributed by atoms with van der Waals surface area (Å²) in [5.41, 5.74) is 1.13. The molecule has 0 radical (unpaired) electrons. The lowest BCUT2D eigenvalue weighted by Crippen LogP contribution is -2.19. The second kappa shape index (κ2) is 6.22. The van der Waals surface area contributed by atoms with Gasteiger partial charge in [-0.1, -0.05) is 24.3 Å². The van der Waals surface area contributed by atoms with E-state index in [1.54, 1.807) is 6.08 Å². The summed E-state index contributed by atoms with van der Waals surface area (Å²) in [7, 11) is 0. The molecule has 2 nitrogen and oxygen atoms in total. The van der Waals surface area contributed by atoms with Crippen LogP contribution in [0.25, 0.3) is 0 Å². The van der Waals surface area contributed by atoms with E-state index < -0.39 is 0 Å². The molecule has 14 heavy (non-hydrogen) atoms. The van der Waals surface area contributed by atoms with Gasteiger partial charge in [0.1, 0.15) is 0 Å². The minimum Gasteiger partial charge on any atom is -0.382 e. The van der Waals surface area contributed by atoms with Crippen molar-refractivity contribution in [3.8, 4) is 0 Å². The Balaban J connectivity index is 2.23. The number of nitrogens with one attached hydrogen (secondary N) is 1. The van der Waals surface area contributed by atoms with Crippen molar-refractivity contribution in [2.45, 2.75) is 13.0 Å². The summed E-state index contributed by atoms with van der Waals surface area (Å²) in [5.74, 6) is 0. The Kier molecular flexibility index (Phi) is 4.79. The fourth-order valence-electron chi connectivity index (χ4n) is 1.11. The summed E-state index contributed by atoms with van der Waals surface area (Å²) in [6.07, 6.45) is 1.96. The van der Waals surface area contributed by atoms with Crippen LogP contribution in [0.2, 0.25) is 0 Å². The summed E-state index contributed by atoms with van der Waals surface area (Å²) in [5, 5.41) is 3.29. The zero-order valence-corrected chi connectivity index (χ0v) is 8.57. The first-order valence-electron chi connectivity index (χ1n) is 4.84. The van der Waals surface area contributed by atoms with Crippen LogP contribution in [0.1, 0.15) is 6.92 Å². The van der Waals surface area contributed by atoms with E-state index >= 15 is 0 Å². The molecule has 1 unspecified atom stereocenters. The van der Waals surface area contributed by atoms with E-state index in [0.717, 1.165) is 12.2 Å². The van der Waals surface area contributed by atoms with Crippen molar-refractivity contribution in [3.63, 3.8) is 0 Å². The molecule has 0 amide bonds. The van der Waals surface area contributed by atoms with Crippen molar-refractivity contribution in [1.29, 1.82) is 0 Å². The van der Waals surface area contributed by atoms with Gasteiger partial charge in [0.2, 0.25) is 0 Å². The number of anilines is 1. The highest BCUT2D eigenvalue weighted by atomic mass is 16.5. The molecule has 0 spiro atoms. The van der Waals surface area contributed by atoms with Crippen LogP contribution in [0.15, 0.2) is 43.0 Å². The Morgan fingerprint density at radius 3 is 2.79 bits per heavy atom. The lowest BCUT2D eigenvalue weighted by atomic mass is 10.3. The summed E-state index contributed by atoms with van der Waals surface area (Å²) in [4.78, 5) is 0. The largest absolute Gasteiger partial charge is 0.382 e. The summed E-state index contributed by atoms with van der Waals surface area (Å²) >= 11 is 0. The number of para-hydroxylation sites is 1. The predicted octanol–water partition coefficient (Wildman–Crippen LogP) is 2.69. The van der Waals surface area contributed by atoms with E-state index in [9.17, 15) is 0 Å². The number of hydrogen-bond acceptors (Lipinski definition) is 2. The highest BCUT2D eigenvalue weighted by Crippen LogP contribution is 2.05. The molecule has 0 aliphatic carbocycles. The Labute approximate surface area is 85.6 Å². The molecule has 2 heteroatoms. The third-order valence-corrected chi connectivity index (χ3v) is 1.87. The summed E-state index contributed by atoms with van der Waals surface area (Å²) in [6.45, 7) is 7.07. The summed E-state index contributed by atoms with van der Waals surface area (Å²) < 4.78 is 5.43. The van der Waals surface area contributed by atoms with E-state index in [4.69, 9.17) is 4.74 Å². The van der Waals surface area contributed by atoms with Crippen LogP contribution in [-0.4, -0.2) is 19.3 Å². The zero-order chi connectivity index (χ0) is 10.2. The first-order chi connectivity index (χ1) is 6.83. The fraction of sp³-hybridized carbons (Fsp3) is 0.333. The number of ether oxygens (including phenoxy) is 1. The highest BCUT2D eigenvalue weighted by molar-refractivity contribution is 5.42. The maximum Gasteiger partial charge on any atom is 0.0723 e. The van der Waals surface area contributed by atoms with Gasteiger partial charge in [-0.15, -0.1) is 6.58 Å². The van der Waals surface area contributed by atoms with Crippen LogP contribution in [0.3, 0.4) is 0 Å². The molecule has 1 aromatic rings. The van der Waals surface area contributed by atoms with Crippen LogP contribution >= 0.6 is 0 Å². The molecule has 0 aliphatic heterocycles. The molecule has 0 aromatic heterocycles. The molecule has 1 aromatic carbocycles. The van der Waals surface area contributed by atoms with Crippen molar-refractivity contribution >= 4 is 5.69 Å². The van der Waals surface area contributed by atoms with E-state index in [1.807, 2.05) is 37.3 Å². The standard InChI is InChI=1S/C12H17NO/c1-3-9-14-11(2)10-13-12-7-5-4-6-8-12/h3-8,11,13H,1,9-10H2,2H3. The lowest BCUT2D eigenvalue weighted by molar-refractivity contribution is 0.0980. The smallest absolute Gasteiger partial charge is 0.0723 e. The molecule has 1 rings (SSSR count). The van der Waals surface area contributed by atoms with Crippen molar-refractivity contribution in [2.75, 3.05) is 18.5 Å². The van der Waals surface area contributed by atoms with Crippen LogP contribution in [-0.2, 0) is 4.74 Å². The molecule has 0 saturated heterocycles. The second-order valence-electron chi connectivity index (χ2n) is 3.18. The van der Waals surface area contributed by atoms with E-state index in [1.165, 1.54) is 0 Å². The Hall–Kier alpha value is -1.28. The summed E-state index contributed by atoms with van der Waals surface area (Å²) in [6, 6.07) is 10.1. The van der Waals surface area contributed by atoms with Crippen LogP contribution in [0.5, 0.6) is 0 Å². The molecular weight excluding hydrogens is 174 g/mol. The predicted molar refractivity (Wildman–Crippen MR) is 60.5 cm³/mol. The van der Waals surface area contributed by atoms with Crippen molar-refractivity contribution < 1.29 is 4.74 Å². The maximum atomic E-state index is 5.43. The lowest BCUT2D eigenvalue weighted by Gasteiger charge is -2.13. The van der Waals surface area contributed by atoms with E-state index in [-0.39, 0.29) is 6.10 Å².